The van der Waals surface area contributed by atoms with Crippen LogP contribution in [0.15, 0.2) is 24.3 Å². The van der Waals surface area contributed by atoms with Crippen molar-refractivity contribution in [2.45, 2.75) is 42.1 Å². The van der Waals surface area contributed by atoms with Crippen LogP contribution in [0.3, 0.4) is 0 Å². The van der Waals surface area contributed by atoms with Crippen LogP contribution in [0.1, 0.15) is 25.5 Å². The van der Waals surface area contributed by atoms with E-state index >= 15 is 0 Å². The van der Waals surface area contributed by atoms with E-state index in [2.05, 4.69) is 10.6 Å². The van der Waals surface area contributed by atoms with Gasteiger partial charge >= 0.3 is 11.9 Å². The minimum absolute atomic E-state index is 0.0123. The largest absolute Gasteiger partial charge is 0.508 e. The number of amides is 1. The Morgan fingerprint density at radius 1 is 1.23 bits per heavy atom. The molecule has 1 aromatic carbocycles. The van der Waals surface area contributed by atoms with E-state index in [1.54, 1.807) is 13.8 Å². The highest BCUT2D eigenvalue weighted by Gasteiger charge is 2.49. The van der Waals surface area contributed by atoms with Gasteiger partial charge in [-0.1, -0.05) is 12.1 Å². The van der Waals surface area contributed by atoms with Gasteiger partial charge in [0, 0.05) is 4.75 Å². The third kappa shape index (κ3) is 4.26. The number of hydrogen-bond acceptors (Lipinski definition) is 7. The van der Waals surface area contributed by atoms with Gasteiger partial charge in [0.2, 0.25) is 5.91 Å². The van der Waals surface area contributed by atoms with Crippen LogP contribution in [0.2, 0.25) is 0 Å². The number of benzene rings is 1. The first-order valence-electron chi connectivity index (χ1n) is 7.77. The summed E-state index contributed by atoms with van der Waals surface area (Å²) in [6, 6.07) is 2.20. The zero-order chi connectivity index (χ0) is 19.6. The molecule has 1 fully saturated rings. The van der Waals surface area contributed by atoms with Gasteiger partial charge in [0.15, 0.2) is 6.04 Å². The summed E-state index contributed by atoms with van der Waals surface area (Å²) >= 11 is 1.13. The van der Waals surface area contributed by atoms with Crippen LogP contribution >= 0.6 is 11.8 Å². The summed E-state index contributed by atoms with van der Waals surface area (Å²) in [5.41, 5.74) is 6.26. The number of carboxylic acid groups (broad SMARTS) is 2. The average molecular weight is 383 g/mol. The highest BCUT2D eigenvalue weighted by Crippen LogP contribution is 2.39. The lowest BCUT2D eigenvalue weighted by molar-refractivity contribution is -0.143. The summed E-state index contributed by atoms with van der Waals surface area (Å²) < 4.78 is -0.756. The molecule has 0 aliphatic carbocycles. The second-order valence-electron chi connectivity index (χ2n) is 6.47. The van der Waals surface area contributed by atoms with Crippen molar-refractivity contribution in [2.24, 2.45) is 5.73 Å². The van der Waals surface area contributed by atoms with Crippen LogP contribution in [0.25, 0.3) is 0 Å². The Kier molecular flexibility index (Phi) is 5.79. The number of carbonyl (C=O) groups excluding carboxylic acids is 1. The Balaban J connectivity index is 2.13. The Morgan fingerprint density at radius 3 is 2.27 bits per heavy atom. The fourth-order valence-corrected chi connectivity index (χ4v) is 4.15. The number of phenols is 1. The van der Waals surface area contributed by atoms with Crippen LogP contribution < -0.4 is 16.4 Å². The zero-order valence-corrected chi connectivity index (χ0v) is 15.0. The summed E-state index contributed by atoms with van der Waals surface area (Å²) in [6.45, 7) is 3.37. The first kappa shape index (κ1) is 20.0. The lowest BCUT2D eigenvalue weighted by Crippen LogP contribution is -2.55. The molecule has 0 radical (unpaired) electrons. The quantitative estimate of drug-likeness (QED) is 0.392. The fraction of sp³-hybridized carbons (Fsp3) is 0.438. The molecular weight excluding hydrogens is 362 g/mol. The summed E-state index contributed by atoms with van der Waals surface area (Å²) in [6.07, 6.45) is 0. The molecule has 10 heteroatoms. The standard InChI is InChI=1S/C16H21N3O6S/c1-16(2)11(15(24)25)19-13(26-16)10(14(22)23)18-12(21)9(17)7-3-5-8(20)6-4-7/h3-6,9-11,13,19-20H,17H2,1-2H3,(H,18,21)(H,22,23)(H,24,25)/t9?,10-,11+,13-/m1/s1. The summed E-state index contributed by atoms with van der Waals surface area (Å²) in [7, 11) is 0. The maximum Gasteiger partial charge on any atom is 0.328 e. The van der Waals surface area contributed by atoms with E-state index in [0.29, 0.717) is 5.56 Å². The molecule has 1 unspecified atom stereocenters. The van der Waals surface area contributed by atoms with Gasteiger partial charge in [-0.3, -0.25) is 14.9 Å². The van der Waals surface area contributed by atoms with Crippen molar-refractivity contribution >= 4 is 29.6 Å². The molecule has 1 aliphatic heterocycles. The van der Waals surface area contributed by atoms with Gasteiger partial charge in [-0.25, -0.2) is 4.79 Å². The summed E-state index contributed by atoms with van der Waals surface area (Å²) in [5, 5.41) is 32.3. The molecule has 1 aromatic rings. The monoisotopic (exact) mass is 383 g/mol. The first-order valence-corrected chi connectivity index (χ1v) is 8.65. The van der Waals surface area contributed by atoms with E-state index in [-0.39, 0.29) is 5.75 Å². The highest BCUT2D eigenvalue weighted by atomic mass is 32.2. The van der Waals surface area contributed by atoms with Crippen molar-refractivity contribution in [1.82, 2.24) is 10.6 Å². The van der Waals surface area contributed by atoms with Gasteiger partial charge in [0.05, 0.1) is 5.37 Å². The fourth-order valence-electron chi connectivity index (χ4n) is 2.67. The Bertz CT molecular complexity index is 708. The van der Waals surface area contributed by atoms with Crippen LogP contribution in [0.4, 0.5) is 0 Å². The molecule has 4 atom stereocenters. The molecule has 9 nitrogen and oxygen atoms in total. The van der Waals surface area contributed by atoms with Gasteiger partial charge < -0.3 is 26.4 Å². The number of phenolic OH excluding ortho intramolecular Hbond substituents is 1. The number of carboxylic acids is 2. The third-order valence-electron chi connectivity index (χ3n) is 4.11. The third-order valence-corrected chi connectivity index (χ3v) is 5.61. The topological polar surface area (TPSA) is 162 Å². The molecule has 1 aliphatic rings. The van der Waals surface area contributed by atoms with Gasteiger partial charge in [-0.15, -0.1) is 11.8 Å². The molecule has 1 amide bonds. The molecule has 0 spiro atoms. The molecule has 26 heavy (non-hydrogen) atoms. The molecule has 142 valence electrons. The van der Waals surface area contributed by atoms with Crippen molar-refractivity contribution in [3.63, 3.8) is 0 Å². The zero-order valence-electron chi connectivity index (χ0n) is 14.2. The van der Waals surface area contributed by atoms with E-state index in [4.69, 9.17) is 5.73 Å². The normalized spacial score (nSPS) is 23.8. The van der Waals surface area contributed by atoms with E-state index in [0.717, 1.165) is 11.8 Å². The maximum atomic E-state index is 12.4. The second-order valence-corrected chi connectivity index (χ2v) is 8.27. The van der Waals surface area contributed by atoms with Gasteiger partial charge in [-0.2, -0.15) is 0 Å². The van der Waals surface area contributed by atoms with Crippen molar-refractivity contribution < 1.29 is 29.7 Å². The molecule has 7 N–H and O–H groups in total. The van der Waals surface area contributed by atoms with E-state index in [1.165, 1.54) is 24.3 Å². The number of thioether (sulfide) groups is 1. The molecular formula is C16H21N3O6S. The number of aromatic hydroxyl groups is 1. The average Bonchev–Trinajstić information content (AvgIpc) is 2.87. The predicted molar refractivity (Wildman–Crippen MR) is 94.6 cm³/mol. The van der Waals surface area contributed by atoms with E-state index in [9.17, 15) is 29.7 Å². The van der Waals surface area contributed by atoms with Crippen molar-refractivity contribution in [1.29, 1.82) is 0 Å². The molecule has 1 heterocycles. The SMILES string of the molecule is CC1(C)S[C@H]([C@@H](NC(=O)C(N)c2ccc(O)cc2)C(=O)O)N[C@H]1C(=O)O. The highest BCUT2D eigenvalue weighted by molar-refractivity contribution is 8.01. The van der Waals surface area contributed by atoms with Crippen LogP contribution in [0.5, 0.6) is 5.75 Å². The second kappa shape index (κ2) is 7.52. The summed E-state index contributed by atoms with van der Waals surface area (Å²) in [5.74, 6) is -3.11. The van der Waals surface area contributed by atoms with Gasteiger partial charge in [-0.05, 0) is 31.5 Å². The number of hydrogen-bond donors (Lipinski definition) is 6. The smallest absolute Gasteiger partial charge is 0.328 e. The Morgan fingerprint density at radius 2 is 1.81 bits per heavy atom. The number of nitrogens with one attached hydrogen (secondary N) is 2. The van der Waals surface area contributed by atoms with Crippen molar-refractivity contribution in [3.05, 3.63) is 29.8 Å². The molecule has 1 saturated heterocycles. The Labute approximate surface area is 154 Å². The maximum absolute atomic E-state index is 12.4. The predicted octanol–water partition coefficient (Wildman–Crippen LogP) is -0.144. The first-order chi connectivity index (χ1) is 12.0. The number of nitrogens with two attached hydrogens (primary N) is 1. The van der Waals surface area contributed by atoms with Crippen molar-refractivity contribution in [2.75, 3.05) is 0 Å². The van der Waals surface area contributed by atoms with E-state index in [1.807, 2.05) is 0 Å². The number of carbonyl (C=O) groups is 3. The van der Waals surface area contributed by atoms with Gasteiger partial charge in [0.1, 0.15) is 17.8 Å². The minimum Gasteiger partial charge on any atom is -0.508 e. The molecule has 0 saturated carbocycles. The molecule has 0 bridgehead atoms. The van der Waals surface area contributed by atoms with Crippen LogP contribution in [0, 0.1) is 0 Å². The lowest BCUT2D eigenvalue weighted by Gasteiger charge is -2.23. The number of aliphatic carboxylic acids is 2. The van der Waals surface area contributed by atoms with Crippen molar-refractivity contribution in [3.8, 4) is 5.75 Å². The lowest BCUT2D eigenvalue weighted by atomic mass is 10.0. The molecule has 2 rings (SSSR count). The van der Waals surface area contributed by atoms with Gasteiger partial charge in [0.25, 0.3) is 0 Å². The van der Waals surface area contributed by atoms with E-state index < -0.39 is 46.1 Å². The molecule has 0 aromatic heterocycles. The minimum atomic E-state index is -1.36. The van der Waals surface area contributed by atoms with Crippen LogP contribution in [-0.2, 0) is 14.4 Å². The van der Waals surface area contributed by atoms with Crippen LogP contribution in [-0.4, -0.2) is 55.4 Å². The Hall–Kier alpha value is -2.30. The number of rotatable bonds is 6. The summed E-state index contributed by atoms with van der Waals surface area (Å²) in [4.78, 5) is 35.3.